The molecule has 0 radical (unpaired) electrons. The molecule has 1 saturated heterocycles. The average molecular weight is 320 g/mol. The lowest BCUT2D eigenvalue weighted by molar-refractivity contribution is 0.310. The van der Waals surface area contributed by atoms with Crippen molar-refractivity contribution in [1.29, 1.82) is 0 Å². The maximum atomic E-state index is 11.3. The van der Waals surface area contributed by atoms with E-state index in [0.717, 1.165) is 29.4 Å². The molecule has 0 spiro atoms. The van der Waals surface area contributed by atoms with Crippen molar-refractivity contribution in [3.63, 3.8) is 0 Å². The number of hydrogen-bond donors (Lipinski definition) is 2. The Morgan fingerprint density at radius 2 is 2.36 bits per heavy atom. The predicted octanol–water partition coefficient (Wildman–Crippen LogP) is 1.90. The van der Waals surface area contributed by atoms with Gasteiger partial charge in [-0.15, -0.1) is 0 Å². The van der Waals surface area contributed by atoms with Crippen molar-refractivity contribution in [2.24, 2.45) is 0 Å². The largest absolute Gasteiger partial charge is 0.771 e. The summed E-state index contributed by atoms with van der Waals surface area (Å²) in [6.07, 6.45) is 5.55. The summed E-state index contributed by atoms with van der Waals surface area (Å²) >= 11 is -2.18. The number of likely N-dealkylation sites (tertiary alicyclic amines) is 1. The van der Waals surface area contributed by atoms with Gasteiger partial charge in [0.05, 0.1) is 5.37 Å². The maximum Gasteiger partial charge on any atom is 0.0955 e. The Kier molecular flexibility index (Phi) is 4.63. The van der Waals surface area contributed by atoms with E-state index < -0.39 is 16.5 Å². The highest BCUT2D eigenvalue weighted by Gasteiger charge is 2.22. The minimum atomic E-state index is -2.18. The Balaban J connectivity index is 1.93. The number of benzene rings is 1. The number of likely N-dealkylation sites (N-methyl/N-ethyl adjacent to an activating group) is 1. The molecule has 2 N–H and O–H groups in total. The van der Waals surface area contributed by atoms with E-state index in [1.165, 1.54) is 18.4 Å². The second-order valence-electron chi connectivity index (χ2n) is 6.03. The van der Waals surface area contributed by atoms with E-state index in [1.54, 1.807) is 7.05 Å². The molecule has 6 heteroatoms. The van der Waals surface area contributed by atoms with Crippen LogP contribution in [0, 0.1) is 0 Å². The minimum absolute atomic E-state index is 0.580. The molecule has 3 rings (SSSR count). The smallest absolute Gasteiger partial charge is 0.0955 e. The van der Waals surface area contributed by atoms with Crippen LogP contribution >= 0.6 is 0 Å². The standard InChI is InChI=1S/C16H23N3O2S/c1-17-16(22(20)21)11-5-6-15-14(9-11)12(10-18-15)8-13-4-3-7-19(13)2/h5-6,9-10,13,16-18H,3-4,7-8H2,1-2H3,(H,20,21)/p-1/t13-,16-/m1/s1. The van der Waals surface area contributed by atoms with Crippen molar-refractivity contribution in [2.75, 3.05) is 20.6 Å². The van der Waals surface area contributed by atoms with Crippen LogP contribution in [0.3, 0.4) is 0 Å². The van der Waals surface area contributed by atoms with Gasteiger partial charge >= 0.3 is 0 Å². The Morgan fingerprint density at radius 1 is 1.55 bits per heavy atom. The fourth-order valence-corrected chi connectivity index (χ4v) is 3.95. The van der Waals surface area contributed by atoms with E-state index >= 15 is 0 Å². The molecule has 1 fully saturated rings. The number of hydrogen-bond acceptors (Lipinski definition) is 4. The number of nitrogens with zero attached hydrogens (tertiary/aromatic N) is 1. The van der Waals surface area contributed by atoms with Gasteiger partial charge in [-0.2, -0.15) is 0 Å². The van der Waals surface area contributed by atoms with Crippen LogP contribution in [0.1, 0.15) is 29.3 Å². The molecule has 0 aliphatic carbocycles. The molecular formula is C16H22N3O2S-. The average Bonchev–Trinajstić information content (AvgIpc) is 3.07. The molecule has 5 nitrogen and oxygen atoms in total. The monoisotopic (exact) mass is 320 g/mol. The van der Waals surface area contributed by atoms with Crippen LogP contribution in [0.25, 0.3) is 10.9 Å². The van der Waals surface area contributed by atoms with Crippen molar-refractivity contribution in [1.82, 2.24) is 15.2 Å². The van der Waals surface area contributed by atoms with Gasteiger partial charge in [-0.05, 0) is 74.2 Å². The van der Waals surface area contributed by atoms with Crippen molar-refractivity contribution >= 4 is 22.0 Å². The second-order valence-corrected chi connectivity index (χ2v) is 7.02. The minimum Gasteiger partial charge on any atom is -0.771 e. The molecule has 1 aromatic carbocycles. The van der Waals surface area contributed by atoms with Crippen molar-refractivity contribution in [2.45, 2.75) is 30.7 Å². The first kappa shape index (κ1) is 15.7. The molecule has 2 heterocycles. The summed E-state index contributed by atoms with van der Waals surface area (Å²) in [7, 11) is 3.84. The molecular weight excluding hydrogens is 298 g/mol. The molecule has 1 aromatic heterocycles. The highest BCUT2D eigenvalue weighted by molar-refractivity contribution is 7.79. The second kappa shape index (κ2) is 6.50. The first-order valence-electron chi connectivity index (χ1n) is 7.65. The quantitative estimate of drug-likeness (QED) is 0.826. The highest BCUT2D eigenvalue weighted by atomic mass is 32.2. The fourth-order valence-electron chi connectivity index (χ4n) is 3.39. The van der Waals surface area contributed by atoms with E-state index in [9.17, 15) is 8.76 Å². The van der Waals surface area contributed by atoms with Gasteiger partial charge in [0.25, 0.3) is 0 Å². The molecule has 22 heavy (non-hydrogen) atoms. The third kappa shape index (κ3) is 2.96. The van der Waals surface area contributed by atoms with E-state index in [0.29, 0.717) is 6.04 Å². The van der Waals surface area contributed by atoms with Crippen molar-refractivity contribution in [3.8, 4) is 0 Å². The van der Waals surface area contributed by atoms with Crippen molar-refractivity contribution < 1.29 is 8.76 Å². The van der Waals surface area contributed by atoms with Crippen LogP contribution in [0.15, 0.2) is 24.4 Å². The lowest BCUT2D eigenvalue weighted by Crippen LogP contribution is -2.26. The first-order chi connectivity index (χ1) is 10.6. The van der Waals surface area contributed by atoms with E-state index in [1.807, 2.05) is 18.2 Å². The number of aromatic nitrogens is 1. The Labute approximate surface area is 133 Å². The zero-order chi connectivity index (χ0) is 15.7. The molecule has 1 aliphatic heterocycles. The summed E-state index contributed by atoms with van der Waals surface area (Å²) in [6.45, 7) is 1.16. The third-order valence-corrected chi connectivity index (χ3v) is 5.57. The molecule has 2 aromatic rings. The zero-order valence-electron chi connectivity index (χ0n) is 13.0. The maximum absolute atomic E-state index is 11.3. The predicted molar refractivity (Wildman–Crippen MR) is 88.4 cm³/mol. The van der Waals surface area contributed by atoms with Crippen LogP contribution in [-0.2, 0) is 17.5 Å². The van der Waals surface area contributed by atoms with Crippen LogP contribution < -0.4 is 5.32 Å². The zero-order valence-corrected chi connectivity index (χ0v) is 13.8. The lowest BCUT2D eigenvalue weighted by Gasteiger charge is -2.20. The molecule has 0 bridgehead atoms. The van der Waals surface area contributed by atoms with E-state index in [-0.39, 0.29) is 0 Å². The summed E-state index contributed by atoms with van der Waals surface area (Å²) in [5.74, 6) is 0. The topological polar surface area (TPSA) is 71.2 Å². The normalized spacial score (nSPS) is 22.2. The van der Waals surface area contributed by atoms with Gasteiger partial charge in [-0.3, -0.25) is 4.21 Å². The summed E-state index contributed by atoms with van der Waals surface area (Å²) < 4.78 is 22.7. The number of nitrogens with one attached hydrogen (secondary N) is 2. The summed E-state index contributed by atoms with van der Waals surface area (Å²) in [5.41, 5.74) is 3.11. The highest BCUT2D eigenvalue weighted by Crippen LogP contribution is 2.27. The number of rotatable bonds is 5. The fraction of sp³-hybridized carbons (Fsp3) is 0.500. The van der Waals surface area contributed by atoms with Gasteiger partial charge in [0.15, 0.2) is 0 Å². The molecule has 3 atom stereocenters. The summed E-state index contributed by atoms with van der Waals surface area (Å²) in [5, 5.41) is 3.31. The molecule has 1 aliphatic rings. The SMILES string of the molecule is CN[C@@H](c1ccc2[nH]cc(C[C@H]3CCCN3C)c2c1)S(=O)[O-]. The number of fused-ring (bicyclic) bond motifs is 1. The molecule has 0 amide bonds. The van der Waals surface area contributed by atoms with Crippen LogP contribution in [0.4, 0.5) is 0 Å². The number of H-pyrrole nitrogens is 1. The van der Waals surface area contributed by atoms with Crippen molar-refractivity contribution in [3.05, 3.63) is 35.5 Å². The third-order valence-electron chi connectivity index (χ3n) is 4.68. The number of aromatic amines is 1. The van der Waals surface area contributed by atoms with Crippen LogP contribution in [0.5, 0.6) is 0 Å². The molecule has 1 unspecified atom stereocenters. The summed E-state index contributed by atoms with van der Waals surface area (Å²) in [4.78, 5) is 5.71. The lowest BCUT2D eigenvalue weighted by atomic mass is 10.0. The Bertz CT molecular complexity index is 685. The Hall–Kier alpha value is -1.21. The van der Waals surface area contributed by atoms with E-state index in [4.69, 9.17) is 0 Å². The van der Waals surface area contributed by atoms with Gasteiger partial charge in [-0.1, -0.05) is 6.07 Å². The van der Waals surface area contributed by atoms with Gasteiger partial charge < -0.3 is 19.8 Å². The molecule has 0 saturated carbocycles. The van der Waals surface area contributed by atoms with Gasteiger partial charge in [0.1, 0.15) is 0 Å². The summed E-state index contributed by atoms with van der Waals surface area (Å²) in [6, 6.07) is 6.40. The van der Waals surface area contributed by atoms with E-state index in [2.05, 4.69) is 28.4 Å². The Morgan fingerprint density at radius 3 is 3.00 bits per heavy atom. The van der Waals surface area contributed by atoms with Gasteiger partial charge in [0, 0.05) is 23.1 Å². The van der Waals surface area contributed by atoms with Gasteiger partial charge in [-0.25, -0.2) is 0 Å². The first-order valence-corrected chi connectivity index (χ1v) is 8.79. The van der Waals surface area contributed by atoms with Crippen LogP contribution in [-0.4, -0.2) is 45.3 Å². The molecule has 120 valence electrons. The van der Waals surface area contributed by atoms with Crippen LogP contribution in [0.2, 0.25) is 0 Å². The van der Waals surface area contributed by atoms with Gasteiger partial charge in [0.2, 0.25) is 0 Å².